The minimum Gasteiger partial charge on any atom is -0.422 e. The molecule has 0 amide bonds. The Morgan fingerprint density at radius 3 is 2.58 bits per heavy atom. The van der Waals surface area contributed by atoms with Gasteiger partial charge >= 0.3 is 11.9 Å². The lowest BCUT2D eigenvalue weighted by Gasteiger charge is -2.53. The predicted octanol–water partition coefficient (Wildman–Crippen LogP) is 3.08. The summed E-state index contributed by atoms with van der Waals surface area (Å²) in [7, 11) is 0. The molecule has 0 saturated carbocycles. The minimum atomic E-state index is -1.28. The zero-order valence-corrected chi connectivity index (χ0v) is 14.6. The van der Waals surface area contributed by atoms with Gasteiger partial charge < -0.3 is 14.4 Å². The Balaban J connectivity index is 1.86. The maximum Gasteiger partial charge on any atom is 0.329 e. The van der Waals surface area contributed by atoms with Crippen LogP contribution >= 0.6 is 11.6 Å². The van der Waals surface area contributed by atoms with Crippen LogP contribution in [0.1, 0.15) is 38.7 Å². The number of carbonyl (C=O) groups excluding carboxylic acids is 2. The van der Waals surface area contributed by atoms with Gasteiger partial charge in [0.15, 0.2) is 5.41 Å². The standard InChI is InChI=1S/C18H20ClNO4/c1-17(2)23-15(21)18(16(22)24-17)10-11-6-7-12(19)9-13(11)20-8-4-3-5-14(18)20/h6-7,9,14H,3-5,8,10H2,1-2H3/t14-/m0/s1. The largest absolute Gasteiger partial charge is 0.422 e. The van der Waals surface area contributed by atoms with Gasteiger partial charge in [-0.25, -0.2) is 0 Å². The molecule has 1 spiro atoms. The first kappa shape index (κ1) is 15.8. The van der Waals surface area contributed by atoms with Crippen molar-refractivity contribution in [2.45, 2.75) is 51.4 Å². The highest BCUT2D eigenvalue weighted by molar-refractivity contribution is 6.30. The van der Waals surface area contributed by atoms with Crippen LogP contribution in [0.2, 0.25) is 5.02 Å². The molecule has 3 aliphatic heterocycles. The number of esters is 2. The second kappa shape index (κ2) is 5.12. The molecular formula is C18H20ClNO4. The average molecular weight is 350 g/mol. The van der Waals surface area contributed by atoms with Crippen molar-refractivity contribution in [3.05, 3.63) is 28.8 Å². The van der Waals surface area contributed by atoms with Crippen LogP contribution < -0.4 is 4.90 Å². The van der Waals surface area contributed by atoms with E-state index in [-0.39, 0.29) is 6.04 Å². The van der Waals surface area contributed by atoms with E-state index in [0.29, 0.717) is 11.4 Å². The Labute approximate surface area is 145 Å². The summed E-state index contributed by atoms with van der Waals surface area (Å²) in [5, 5.41) is 0.656. The minimum absolute atomic E-state index is 0.242. The molecule has 6 heteroatoms. The molecule has 2 fully saturated rings. The number of carbonyl (C=O) groups is 2. The van der Waals surface area contributed by atoms with Crippen molar-refractivity contribution in [1.29, 1.82) is 0 Å². The Morgan fingerprint density at radius 1 is 1.17 bits per heavy atom. The summed E-state index contributed by atoms with van der Waals surface area (Å²) in [5.41, 5.74) is 0.672. The van der Waals surface area contributed by atoms with Gasteiger partial charge in [0.05, 0.1) is 6.04 Å². The first-order valence-corrected chi connectivity index (χ1v) is 8.73. The van der Waals surface area contributed by atoms with Gasteiger partial charge in [-0.1, -0.05) is 17.7 Å². The summed E-state index contributed by atoms with van der Waals surface area (Å²) in [6.45, 7) is 3.97. The SMILES string of the molecule is CC1(C)OC(=O)C2(Cc3ccc(Cl)cc3N3CCCC[C@H]32)C(=O)O1. The van der Waals surface area contributed by atoms with Crippen molar-refractivity contribution in [1.82, 2.24) is 0 Å². The third-order valence-corrected chi connectivity index (χ3v) is 5.54. The Kier molecular flexibility index (Phi) is 3.36. The molecule has 1 aromatic carbocycles. The van der Waals surface area contributed by atoms with Gasteiger partial charge in [0, 0.05) is 37.5 Å². The molecule has 0 unspecified atom stereocenters. The fourth-order valence-corrected chi connectivity index (χ4v) is 4.42. The molecule has 0 aromatic heterocycles. The third kappa shape index (κ3) is 2.14. The summed E-state index contributed by atoms with van der Waals surface area (Å²) in [6, 6.07) is 5.37. The Bertz CT molecular complexity index is 710. The van der Waals surface area contributed by atoms with Gasteiger partial charge in [0.1, 0.15) is 0 Å². The van der Waals surface area contributed by atoms with Crippen LogP contribution in [0.25, 0.3) is 0 Å². The average Bonchev–Trinajstić information content (AvgIpc) is 2.52. The number of hydrogen-bond donors (Lipinski definition) is 0. The smallest absolute Gasteiger partial charge is 0.329 e. The van der Waals surface area contributed by atoms with E-state index in [0.717, 1.165) is 37.1 Å². The molecule has 0 radical (unpaired) electrons. The molecule has 4 rings (SSSR count). The number of hydrogen-bond acceptors (Lipinski definition) is 5. The maximum absolute atomic E-state index is 13.0. The van der Waals surface area contributed by atoms with Crippen LogP contribution in [0.3, 0.4) is 0 Å². The molecule has 24 heavy (non-hydrogen) atoms. The van der Waals surface area contributed by atoms with E-state index in [1.54, 1.807) is 19.9 Å². The van der Waals surface area contributed by atoms with E-state index >= 15 is 0 Å². The van der Waals surface area contributed by atoms with Gasteiger partial charge in [-0.05, 0) is 37.0 Å². The van der Waals surface area contributed by atoms with Crippen molar-refractivity contribution >= 4 is 29.2 Å². The quantitative estimate of drug-likeness (QED) is 0.532. The summed E-state index contributed by atoms with van der Waals surface area (Å²) in [6.07, 6.45) is 3.06. The van der Waals surface area contributed by atoms with Crippen LogP contribution in [0.4, 0.5) is 5.69 Å². The summed E-state index contributed by atoms with van der Waals surface area (Å²) in [5.74, 6) is -2.15. The summed E-state index contributed by atoms with van der Waals surface area (Å²) in [4.78, 5) is 28.1. The van der Waals surface area contributed by atoms with Crippen LogP contribution in [0, 0.1) is 5.41 Å². The first-order chi connectivity index (χ1) is 11.3. The van der Waals surface area contributed by atoms with Gasteiger partial charge in [0.25, 0.3) is 5.79 Å². The highest BCUT2D eigenvalue weighted by atomic mass is 35.5. The molecule has 5 nitrogen and oxygen atoms in total. The molecule has 0 N–H and O–H groups in total. The number of ether oxygens (including phenoxy) is 2. The normalized spacial score (nSPS) is 27.1. The van der Waals surface area contributed by atoms with Crippen LogP contribution in [-0.4, -0.2) is 30.3 Å². The van der Waals surface area contributed by atoms with Gasteiger partial charge in [-0.15, -0.1) is 0 Å². The first-order valence-electron chi connectivity index (χ1n) is 8.35. The second-order valence-corrected chi connectivity index (χ2v) is 7.74. The monoisotopic (exact) mass is 349 g/mol. The van der Waals surface area contributed by atoms with E-state index < -0.39 is 23.1 Å². The van der Waals surface area contributed by atoms with Crippen LogP contribution in [-0.2, 0) is 25.5 Å². The lowest BCUT2D eigenvalue weighted by molar-refractivity contribution is -0.253. The zero-order chi connectivity index (χ0) is 17.1. The van der Waals surface area contributed by atoms with E-state index in [1.807, 2.05) is 12.1 Å². The summed E-state index contributed by atoms with van der Waals surface area (Å²) < 4.78 is 11.0. The Hall–Kier alpha value is -1.75. The van der Waals surface area contributed by atoms with Crippen molar-refractivity contribution in [2.24, 2.45) is 5.41 Å². The molecule has 0 bridgehead atoms. The fourth-order valence-electron chi connectivity index (χ4n) is 4.25. The van der Waals surface area contributed by atoms with E-state index in [4.69, 9.17) is 21.1 Å². The number of nitrogens with zero attached hydrogens (tertiary/aromatic N) is 1. The third-order valence-electron chi connectivity index (χ3n) is 5.30. The number of anilines is 1. The van der Waals surface area contributed by atoms with Gasteiger partial charge in [-0.2, -0.15) is 0 Å². The number of piperidine rings is 1. The van der Waals surface area contributed by atoms with Crippen LogP contribution in [0.15, 0.2) is 18.2 Å². The van der Waals surface area contributed by atoms with Gasteiger partial charge in [0.2, 0.25) is 0 Å². The second-order valence-electron chi connectivity index (χ2n) is 7.31. The molecule has 2 saturated heterocycles. The van der Waals surface area contributed by atoms with E-state index in [9.17, 15) is 9.59 Å². The van der Waals surface area contributed by atoms with Gasteiger partial charge in [-0.3, -0.25) is 9.59 Å². The molecule has 0 aliphatic carbocycles. The molecule has 1 aromatic rings. The van der Waals surface area contributed by atoms with E-state index in [2.05, 4.69) is 4.90 Å². The number of cyclic esters (lactones) is 2. The zero-order valence-electron chi connectivity index (χ0n) is 13.8. The van der Waals surface area contributed by atoms with Crippen molar-refractivity contribution in [2.75, 3.05) is 11.4 Å². The highest BCUT2D eigenvalue weighted by Gasteiger charge is 2.64. The number of rotatable bonds is 0. The molecule has 1 atom stereocenters. The summed E-state index contributed by atoms with van der Waals surface area (Å²) >= 11 is 6.17. The number of benzene rings is 1. The lowest BCUT2D eigenvalue weighted by atomic mass is 9.68. The number of fused-ring (bicyclic) bond motifs is 4. The fraction of sp³-hybridized carbons (Fsp3) is 0.556. The molecule has 128 valence electrons. The molecular weight excluding hydrogens is 330 g/mol. The molecule has 3 aliphatic rings. The highest BCUT2D eigenvalue weighted by Crippen LogP contribution is 2.49. The predicted molar refractivity (Wildman–Crippen MR) is 88.8 cm³/mol. The van der Waals surface area contributed by atoms with Crippen molar-refractivity contribution < 1.29 is 19.1 Å². The van der Waals surface area contributed by atoms with Crippen molar-refractivity contribution in [3.8, 4) is 0 Å². The van der Waals surface area contributed by atoms with E-state index in [1.165, 1.54) is 0 Å². The lowest BCUT2D eigenvalue weighted by Crippen LogP contribution is -2.66. The topological polar surface area (TPSA) is 55.8 Å². The Morgan fingerprint density at radius 2 is 1.88 bits per heavy atom. The van der Waals surface area contributed by atoms with Crippen LogP contribution in [0.5, 0.6) is 0 Å². The number of halogens is 1. The van der Waals surface area contributed by atoms with Crippen molar-refractivity contribution in [3.63, 3.8) is 0 Å². The maximum atomic E-state index is 13.0. The molecule has 3 heterocycles.